The summed E-state index contributed by atoms with van der Waals surface area (Å²) in [5.41, 5.74) is 10.8. The molecule has 3 rings (SSSR count). The maximum absolute atomic E-state index is 5.74. The van der Waals surface area contributed by atoms with Crippen LogP contribution in [0.25, 0.3) is 16.8 Å². The zero-order valence-electron chi connectivity index (χ0n) is 14.1. The third-order valence-electron chi connectivity index (χ3n) is 3.74. The first-order valence-corrected chi connectivity index (χ1v) is 7.49. The molecule has 0 fully saturated rings. The lowest BCUT2D eigenvalue weighted by Crippen LogP contribution is -2.07. The highest BCUT2D eigenvalue weighted by atomic mass is 35.5. The smallest absolute Gasteiger partial charge is 0.233 e. The molecule has 2 heterocycles. The number of aromatic nitrogens is 3. The fourth-order valence-corrected chi connectivity index (χ4v) is 2.49. The number of hydrogen-bond donors (Lipinski definition) is 1. The molecular formula is C17H22Cl2N4O2. The van der Waals surface area contributed by atoms with E-state index in [-0.39, 0.29) is 24.8 Å². The summed E-state index contributed by atoms with van der Waals surface area (Å²) in [6.45, 7) is 3.54. The summed E-state index contributed by atoms with van der Waals surface area (Å²) in [6.07, 6.45) is 3.52. The molecule has 0 saturated heterocycles. The van der Waals surface area contributed by atoms with Crippen molar-refractivity contribution in [3.63, 3.8) is 0 Å². The van der Waals surface area contributed by atoms with E-state index < -0.39 is 0 Å². The van der Waals surface area contributed by atoms with Gasteiger partial charge in [-0.3, -0.25) is 0 Å². The molecule has 0 amide bonds. The molecule has 0 unspecified atom stereocenters. The van der Waals surface area contributed by atoms with Gasteiger partial charge in [-0.25, -0.2) is 9.50 Å². The molecule has 0 bridgehead atoms. The number of benzene rings is 1. The number of nitrogens with two attached hydrogens (primary N) is 1. The van der Waals surface area contributed by atoms with Crippen molar-refractivity contribution in [3.8, 4) is 17.1 Å². The zero-order chi connectivity index (χ0) is 16.2. The first kappa shape index (κ1) is 21.2. The molecule has 3 aromatic rings. The Morgan fingerprint density at radius 3 is 2.64 bits per heavy atom. The maximum Gasteiger partial charge on any atom is 0.233 e. The Morgan fingerprint density at radius 1 is 1.16 bits per heavy atom. The second-order valence-corrected chi connectivity index (χ2v) is 5.28. The van der Waals surface area contributed by atoms with Gasteiger partial charge in [-0.05, 0) is 30.2 Å². The number of ether oxygens (including phenoxy) is 2. The second-order valence-electron chi connectivity index (χ2n) is 5.28. The van der Waals surface area contributed by atoms with E-state index in [1.165, 1.54) is 0 Å². The minimum absolute atomic E-state index is 0. The van der Waals surface area contributed by atoms with Gasteiger partial charge in [0.1, 0.15) is 12.3 Å². The second kappa shape index (κ2) is 9.58. The molecule has 1 aromatic carbocycles. The van der Waals surface area contributed by atoms with E-state index >= 15 is 0 Å². The van der Waals surface area contributed by atoms with Crippen LogP contribution in [0.4, 0.5) is 0 Å². The van der Waals surface area contributed by atoms with Crippen molar-refractivity contribution in [1.82, 2.24) is 14.6 Å². The first-order valence-electron chi connectivity index (χ1n) is 7.49. The quantitative estimate of drug-likeness (QED) is 0.661. The van der Waals surface area contributed by atoms with E-state index in [0.29, 0.717) is 25.6 Å². The van der Waals surface area contributed by atoms with Crippen LogP contribution in [0.3, 0.4) is 0 Å². The van der Waals surface area contributed by atoms with Gasteiger partial charge >= 0.3 is 0 Å². The predicted molar refractivity (Wildman–Crippen MR) is 103 cm³/mol. The van der Waals surface area contributed by atoms with Crippen LogP contribution in [0.5, 0.6) is 5.88 Å². The van der Waals surface area contributed by atoms with Crippen molar-refractivity contribution >= 4 is 30.3 Å². The summed E-state index contributed by atoms with van der Waals surface area (Å²) in [7, 11) is 1.64. The molecule has 136 valence electrons. The lowest BCUT2D eigenvalue weighted by atomic mass is 10.0. The largest absolute Gasteiger partial charge is 0.474 e. The molecule has 0 aliphatic rings. The number of fused-ring (bicyclic) bond motifs is 1. The average molecular weight is 385 g/mol. The Morgan fingerprint density at radius 2 is 1.96 bits per heavy atom. The molecule has 8 heteroatoms. The van der Waals surface area contributed by atoms with Crippen molar-refractivity contribution in [3.05, 3.63) is 47.8 Å². The van der Waals surface area contributed by atoms with Gasteiger partial charge in [0.15, 0.2) is 0 Å². The number of rotatable bonds is 6. The zero-order valence-corrected chi connectivity index (χ0v) is 15.8. The van der Waals surface area contributed by atoms with Crippen molar-refractivity contribution in [2.45, 2.75) is 13.5 Å². The van der Waals surface area contributed by atoms with Crippen molar-refractivity contribution < 1.29 is 9.47 Å². The third-order valence-corrected chi connectivity index (χ3v) is 3.74. The van der Waals surface area contributed by atoms with Crippen LogP contribution in [-0.4, -0.2) is 34.9 Å². The average Bonchev–Trinajstić information content (AvgIpc) is 3.02. The highest BCUT2D eigenvalue weighted by Crippen LogP contribution is 2.27. The van der Waals surface area contributed by atoms with E-state index in [0.717, 1.165) is 27.9 Å². The van der Waals surface area contributed by atoms with Gasteiger partial charge in [0.2, 0.25) is 5.88 Å². The molecule has 2 N–H and O–H groups in total. The van der Waals surface area contributed by atoms with Gasteiger partial charge in [0.25, 0.3) is 0 Å². The summed E-state index contributed by atoms with van der Waals surface area (Å²) >= 11 is 0. The van der Waals surface area contributed by atoms with Gasteiger partial charge in [-0.1, -0.05) is 12.1 Å². The van der Waals surface area contributed by atoms with E-state index in [1.807, 2.05) is 18.2 Å². The highest BCUT2D eigenvalue weighted by molar-refractivity contribution is 5.85. The Labute approximate surface area is 159 Å². The minimum Gasteiger partial charge on any atom is -0.474 e. The molecule has 25 heavy (non-hydrogen) atoms. The van der Waals surface area contributed by atoms with Gasteiger partial charge in [-0.15, -0.1) is 24.8 Å². The van der Waals surface area contributed by atoms with Gasteiger partial charge < -0.3 is 15.2 Å². The Hall–Kier alpha value is -1.86. The molecule has 0 spiro atoms. The Balaban J connectivity index is 0.00000156. The normalized spacial score (nSPS) is 10.2. The molecule has 2 aromatic heterocycles. The van der Waals surface area contributed by atoms with Crippen LogP contribution < -0.4 is 10.5 Å². The maximum atomic E-state index is 5.74. The topological polar surface area (TPSA) is 74.7 Å². The van der Waals surface area contributed by atoms with E-state index in [9.17, 15) is 0 Å². The predicted octanol–water partition coefficient (Wildman–Crippen LogP) is 3.03. The molecule has 0 atom stereocenters. The van der Waals surface area contributed by atoms with Crippen molar-refractivity contribution in [2.75, 3.05) is 20.3 Å². The SMILES string of the molecule is COCCOc1cn2nccc2c(-c2ccc(CN)c(C)c2)n1.Cl.Cl. The van der Waals surface area contributed by atoms with Crippen LogP contribution >= 0.6 is 24.8 Å². The molecule has 0 aliphatic carbocycles. The first-order chi connectivity index (χ1) is 11.2. The highest BCUT2D eigenvalue weighted by Gasteiger charge is 2.11. The van der Waals surface area contributed by atoms with Crippen molar-refractivity contribution in [2.24, 2.45) is 5.73 Å². The minimum atomic E-state index is 0. The van der Waals surface area contributed by atoms with Crippen LogP contribution in [0.15, 0.2) is 36.7 Å². The van der Waals surface area contributed by atoms with Crippen LogP contribution in [0.2, 0.25) is 0 Å². The molecule has 0 aliphatic heterocycles. The van der Waals surface area contributed by atoms with Crippen LogP contribution in [0.1, 0.15) is 11.1 Å². The number of halogens is 2. The van der Waals surface area contributed by atoms with Gasteiger partial charge in [0, 0.05) is 19.2 Å². The summed E-state index contributed by atoms with van der Waals surface area (Å²) in [6, 6.07) is 8.10. The summed E-state index contributed by atoms with van der Waals surface area (Å²) in [5, 5.41) is 4.30. The van der Waals surface area contributed by atoms with Crippen molar-refractivity contribution in [1.29, 1.82) is 0 Å². The number of nitrogens with zero attached hydrogens (tertiary/aromatic N) is 3. The standard InChI is InChI=1S/C17H20N4O2.2ClH/c1-12-9-13(3-4-14(12)10-18)17-15-5-6-19-21(15)11-16(20-17)23-8-7-22-2;;/h3-6,9,11H,7-8,10,18H2,1-2H3;2*1H. The Bertz CT molecular complexity index is 824. The van der Waals surface area contributed by atoms with Crippen LogP contribution in [0, 0.1) is 6.92 Å². The lowest BCUT2D eigenvalue weighted by molar-refractivity contribution is 0.143. The van der Waals surface area contributed by atoms with E-state index in [1.54, 1.807) is 24.0 Å². The van der Waals surface area contributed by atoms with E-state index in [2.05, 4.69) is 23.1 Å². The number of aryl methyl sites for hydroxylation is 1. The summed E-state index contributed by atoms with van der Waals surface area (Å²) in [4.78, 5) is 4.64. The number of hydrogen-bond acceptors (Lipinski definition) is 5. The molecule has 6 nitrogen and oxygen atoms in total. The monoisotopic (exact) mass is 384 g/mol. The van der Waals surface area contributed by atoms with Crippen LogP contribution in [-0.2, 0) is 11.3 Å². The Kier molecular flexibility index (Phi) is 8.12. The molecular weight excluding hydrogens is 363 g/mol. The van der Waals surface area contributed by atoms with Gasteiger partial charge in [0.05, 0.1) is 24.5 Å². The number of methoxy groups -OCH3 is 1. The van der Waals surface area contributed by atoms with Gasteiger partial charge in [-0.2, -0.15) is 5.10 Å². The van der Waals surface area contributed by atoms with E-state index in [4.69, 9.17) is 15.2 Å². The fourth-order valence-electron chi connectivity index (χ4n) is 2.49. The third kappa shape index (κ3) is 4.61. The molecule has 0 radical (unpaired) electrons. The fraction of sp³-hybridized carbons (Fsp3) is 0.294. The summed E-state index contributed by atoms with van der Waals surface area (Å²) in [5.74, 6) is 0.522. The summed E-state index contributed by atoms with van der Waals surface area (Å²) < 4.78 is 12.4. The lowest BCUT2D eigenvalue weighted by Gasteiger charge is -2.11. The molecule has 0 saturated carbocycles.